The van der Waals surface area contributed by atoms with E-state index in [2.05, 4.69) is 16.7 Å². The van der Waals surface area contributed by atoms with E-state index in [9.17, 15) is 18.0 Å². The van der Waals surface area contributed by atoms with Gasteiger partial charge in [0.25, 0.3) is 0 Å². The zero-order valence-electron chi connectivity index (χ0n) is 18.5. The molecule has 0 aliphatic rings. The highest BCUT2D eigenvalue weighted by atomic mass is 35.5. The van der Waals surface area contributed by atoms with E-state index in [0.717, 1.165) is 34.4 Å². The summed E-state index contributed by atoms with van der Waals surface area (Å²) in [5.41, 5.74) is 3.13. The largest absolute Gasteiger partial charge is 0.416 e. The van der Waals surface area contributed by atoms with E-state index >= 15 is 0 Å². The first-order valence-electron chi connectivity index (χ1n) is 10.5. The second kappa shape index (κ2) is 11.9. The second-order valence-electron chi connectivity index (χ2n) is 7.82. The quantitative estimate of drug-likeness (QED) is 0.407. The second-order valence-corrected chi connectivity index (χ2v) is 7.82. The van der Waals surface area contributed by atoms with E-state index in [1.165, 1.54) is 12.1 Å². The average molecular weight is 477 g/mol. The third-order valence-electron chi connectivity index (χ3n) is 5.46. The number of benzene rings is 3. The summed E-state index contributed by atoms with van der Waals surface area (Å²) in [4.78, 5) is 12.7. The van der Waals surface area contributed by atoms with Gasteiger partial charge in [0, 0.05) is 13.1 Å². The Morgan fingerprint density at radius 2 is 1.55 bits per heavy atom. The fraction of sp³-hybridized carbons (Fsp3) is 0.269. The molecular formula is C26H28ClF3N2O. The van der Waals surface area contributed by atoms with Gasteiger partial charge in [0.1, 0.15) is 6.04 Å². The lowest BCUT2D eigenvalue weighted by Gasteiger charge is -2.26. The van der Waals surface area contributed by atoms with E-state index in [-0.39, 0.29) is 24.4 Å². The molecule has 7 heteroatoms. The smallest absolute Gasteiger partial charge is 0.358 e. The topological polar surface area (TPSA) is 41.1 Å². The number of carbonyl (C=O) groups is 1. The molecule has 3 aromatic carbocycles. The van der Waals surface area contributed by atoms with Gasteiger partial charge in [0.05, 0.1) is 5.56 Å². The molecule has 2 atom stereocenters. The van der Waals surface area contributed by atoms with Crippen LogP contribution in [0.5, 0.6) is 0 Å². The van der Waals surface area contributed by atoms with Crippen LogP contribution in [0.15, 0.2) is 78.9 Å². The summed E-state index contributed by atoms with van der Waals surface area (Å²) in [6, 6.07) is 22.0. The lowest BCUT2D eigenvalue weighted by Crippen LogP contribution is -2.38. The van der Waals surface area contributed by atoms with E-state index in [1.807, 2.05) is 55.5 Å². The van der Waals surface area contributed by atoms with Crippen molar-refractivity contribution in [3.63, 3.8) is 0 Å². The van der Waals surface area contributed by atoms with E-state index < -0.39 is 17.8 Å². The maximum Gasteiger partial charge on any atom is 0.416 e. The molecule has 0 bridgehead atoms. The number of amides is 1. The van der Waals surface area contributed by atoms with Gasteiger partial charge in [0.2, 0.25) is 5.91 Å². The zero-order chi connectivity index (χ0) is 23.1. The first-order valence-corrected chi connectivity index (χ1v) is 10.5. The SMILES string of the molecule is CNC(=O)C(N[C@@H](CCc1ccc(C(F)(F)F)cc1)c1cccc(C)c1)c1ccccc1.Cl. The zero-order valence-corrected chi connectivity index (χ0v) is 19.3. The van der Waals surface area contributed by atoms with Crippen LogP contribution in [0.4, 0.5) is 13.2 Å². The number of hydrogen-bond donors (Lipinski definition) is 2. The molecule has 0 fully saturated rings. The number of aryl methyl sites for hydroxylation is 2. The third-order valence-corrected chi connectivity index (χ3v) is 5.46. The van der Waals surface area contributed by atoms with Gasteiger partial charge in [-0.1, -0.05) is 72.3 Å². The van der Waals surface area contributed by atoms with Crippen LogP contribution in [-0.2, 0) is 17.4 Å². The number of nitrogens with one attached hydrogen (secondary N) is 2. The Labute approximate surface area is 198 Å². The Morgan fingerprint density at radius 3 is 2.12 bits per heavy atom. The average Bonchev–Trinajstić information content (AvgIpc) is 2.79. The highest BCUT2D eigenvalue weighted by Crippen LogP contribution is 2.30. The van der Waals surface area contributed by atoms with Gasteiger partial charge in [0.15, 0.2) is 0 Å². The number of alkyl halides is 3. The van der Waals surface area contributed by atoms with Crippen LogP contribution in [-0.4, -0.2) is 13.0 Å². The van der Waals surface area contributed by atoms with Gasteiger partial charge >= 0.3 is 6.18 Å². The Kier molecular flexibility index (Phi) is 9.50. The van der Waals surface area contributed by atoms with Gasteiger partial charge in [-0.25, -0.2) is 0 Å². The monoisotopic (exact) mass is 476 g/mol. The van der Waals surface area contributed by atoms with Crippen molar-refractivity contribution >= 4 is 18.3 Å². The molecule has 3 aromatic rings. The Morgan fingerprint density at radius 1 is 0.909 bits per heavy atom. The van der Waals surface area contributed by atoms with Gasteiger partial charge in [-0.2, -0.15) is 13.2 Å². The molecule has 0 spiro atoms. The van der Waals surface area contributed by atoms with Gasteiger partial charge in [-0.05, 0) is 48.6 Å². The summed E-state index contributed by atoms with van der Waals surface area (Å²) in [6.07, 6.45) is -3.16. The van der Waals surface area contributed by atoms with Crippen molar-refractivity contribution in [3.8, 4) is 0 Å². The van der Waals surface area contributed by atoms with E-state index in [1.54, 1.807) is 7.05 Å². The van der Waals surface area contributed by atoms with Gasteiger partial charge in [-0.15, -0.1) is 12.4 Å². The minimum absolute atomic E-state index is 0. The number of likely N-dealkylation sites (N-methyl/N-ethyl adjacent to an activating group) is 1. The summed E-state index contributed by atoms with van der Waals surface area (Å²) < 4.78 is 38.6. The maximum absolute atomic E-state index is 12.9. The van der Waals surface area contributed by atoms with Gasteiger partial charge in [-0.3, -0.25) is 10.1 Å². The minimum Gasteiger partial charge on any atom is -0.358 e. The number of rotatable bonds is 8. The molecule has 0 saturated carbocycles. The molecule has 0 heterocycles. The molecule has 33 heavy (non-hydrogen) atoms. The predicted molar refractivity (Wildman–Crippen MR) is 127 cm³/mol. The summed E-state index contributed by atoms with van der Waals surface area (Å²) in [5.74, 6) is -0.150. The molecule has 0 radical (unpaired) electrons. The molecular weight excluding hydrogens is 449 g/mol. The fourth-order valence-corrected chi connectivity index (χ4v) is 3.72. The van der Waals surface area contributed by atoms with Crippen molar-refractivity contribution < 1.29 is 18.0 Å². The lowest BCUT2D eigenvalue weighted by molar-refractivity contribution is -0.137. The molecule has 176 valence electrons. The summed E-state index contributed by atoms with van der Waals surface area (Å²) in [7, 11) is 1.60. The molecule has 0 aliphatic heterocycles. The molecule has 1 amide bonds. The van der Waals surface area contributed by atoms with Crippen LogP contribution in [0.1, 0.15) is 46.3 Å². The van der Waals surface area contributed by atoms with Crippen LogP contribution in [0.25, 0.3) is 0 Å². The predicted octanol–water partition coefficient (Wildman–Crippen LogP) is 6.19. The van der Waals surface area contributed by atoms with Crippen molar-refractivity contribution in [3.05, 3.63) is 107 Å². The normalized spacial score (nSPS) is 13.0. The fourth-order valence-electron chi connectivity index (χ4n) is 3.72. The molecule has 3 nitrogen and oxygen atoms in total. The first-order chi connectivity index (χ1) is 15.3. The summed E-state index contributed by atoms with van der Waals surface area (Å²) in [5, 5.41) is 6.20. The highest BCUT2D eigenvalue weighted by Gasteiger charge is 2.30. The maximum atomic E-state index is 12.9. The minimum atomic E-state index is -4.35. The van der Waals surface area contributed by atoms with Crippen LogP contribution >= 0.6 is 12.4 Å². The summed E-state index contributed by atoms with van der Waals surface area (Å²) in [6.45, 7) is 2.00. The van der Waals surface area contributed by atoms with Crippen molar-refractivity contribution in [2.24, 2.45) is 0 Å². The third kappa shape index (κ3) is 7.34. The lowest BCUT2D eigenvalue weighted by atomic mass is 9.95. The molecule has 0 aromatic heterocycles. The molecule has 0 aliphatic carbocycles. The first kappa shape index (κ1) is 26.4. The number of hydrogen-bond acceptors (Lipinski definition) is 2. The van der Waals surface area contributed by atoms with Crippen molar-refractivity contribution in [1.82, 2.24) is 10.6 Å². The van der Waals surface area contributed by atoms with Crippen molar-refractivity contribution in [1.29, 1.82) is 0 Å². The number of halogens is 4. The summed E-state index contributed by atoms with van der Waals surface area (Å²) >= 11 is 0. The molecule has 1 unspecified atom stereocenters. The Balaban J connectivity index is 0.00000385. The van der Waals surface area contributed by atoms with Crippen LogP contribution < -0.4 is 10.6 Å². The molecule has 2 N–H and O–H groups in total. The van der Waals surface area contributed by atoms with Crippen molar-refractivity contribution in [2.75, 3.05) is 7.05 Å². The van der Waals surface area contributed by atoms with Crippen molar-refractivity contribution in [2.45, 2.75) is 38.0 Å². The van der Waals surface area contributed by atoms with Crippen LogP contribution in [0, 0.1) is 6.92 Å². The Hall–Kier alpha value is -2.83. The number of carbonyl (C=O) groups excluding carboxylic acids is 1. The molecule has 3 rings (SSSR count). The van der Waals surface area contributed by atoms with Crippen LogP contribution in [0.3, 0.4) is 0 Å². The van der Waals surface area contributed by atoms with Gasteiger partial charge < -0.3 is 5.32 Å². The molecule has 0 saturated heterocycles. The van der Waals surface area contributed by atoms with E-state index in [4.69, 9.17) is 0 Å². The Bertz CT molecular complexity index is 1020. The highest BCUT2D eigenvalue weighted by molar-refractivity contribution is 5.85. The van der Waals surface area contributed by atoms with E-state index in [0.29, 0.717) is 12.8 Å². The standard InChI is InChI=1S/C26H27F3N2O.ClH/c1-18-7-6-10-21(17-18)23(16-13-19-11-14-22(15-12-19)26(27,28)29)31-24(25(32)30-2)20-8-4-3-5-9-20;/h3-12,14-15,17,23-24,31H,13,16H2,1-2H3,(H,30,32);1H/t23-,24?;/m0./s1. The van der Waals surface area contributed by atoms with Crippen LogP contribution in [0.2, 0.25) is 0 Å².